The zero-order valence-corrected chi connectivity index (χ0v) is 13.2. The second-order valence-corrected chi connectivity index (χ2v) is 7.03. The summed E-state index contributed by atoms with van der Waals surface area (Å²) in [5.74, 6) is -0.560. The van der Waals surface area contributed by atoms with Crippen molar-refractivity contribution < 1.29 is 17.9 Å². The van der Waals surface area contributed by atoms with Gasteiger partial charge in [0, 0.05) is 35.5 Å². The zero-order valence-electron chi connectivity index (χ0n) is 12.4. The Morgan fingerprint density at radius 3 is 2.52 bits per heavy atom. The molecule has 1 atom stereocenters. The van der Waals surface area contributed by atoms with Crippen LogP contribution in [-0.2, 0) is 26.4 Å². The van der Waals surface area contributed by atoms with Crippen molar-refractivity contribution in [3.8, 4) is 0 Å². The van der Waals surface area contributed by atoms with Crippen molar-refractivity contribution in [1.82, 2.24) is 4.57 Å². The van der Waals surface area contributed by atoms with E-state index < -0.39 is 21.8 Å². The third-order valence-corrected chi connectivity index (χ3v) is 4.82. The van der Waals surface area contributed by atoms with E-state index in [1.165, 1.54) is 7.11 Å². The number of esters is 1. The lowest BCUT2D eigenvalue weighted by Crippen LogP contribution is -2.23. The van der Waals surface area contributed by atoms with E-state index in [2.05, 4.69) is 4.74 Å². The van der Waals surface area contributed by atoms with Crippen LogP contribution in [0.4, 0.5) is 0 Å². The lowest BCUT2D eigenvalue weighted by Gasteiger charge is -2.10. The van der Waals surface area contributed by atoms with Gasteiger partial charge in [0.2, 0.25) is 0 Å². The van der Waals surface area contributed by atoms with Crippen LogP contribution in [0.25, 0.3) is 10.9 Å². The van der Waals surface area contributed by atoms with Gasteiger partial charge in [0.05, 0.1) is 12.0 Å². The Kier molecular flexibility index (Phi) is 3.81. The van der Waals surface area contributed by atoms with Gasteiger partial charge in [-0.25, -0.2) is 8.42 Å². The Hall–Kier alpha value is -1.86. The number of aryl methyl sites for hydroxylation is 1. The number of ether oxygens (including phenoxy) is 1. The van der Waals surface area contributed by atoms with Crippen LogP contribution in [0.1, 0.15) is 17.3 Å². The first-order chi connectivity index (χ1) is 9.68. The number of nitrogens with two attached hydrogens (primary N) is 1. The van der Waals surface area contributed by atoms with Gasteiger partial charge in [0.1, 0.15) is 6.04 Å². The third-order valence-electron chi connectivity index (χ3n) is 3.71. The maximum atomic E-state index is 11.7. The lowest BCUT2D eigenvalue weighted by atomic mass is 10.0. The SMILES string of the molecule is COC(=O)C(N)c1c(C)n(C)c2ccc(S(C)(=O)=O)cc12. The summed E-state index contributed by atoms with van der Waals surface area (Å²) in [6.45, 7) is 1.83. The van der Waals surface area contributed by atoms with Crippen molar-refractivity contribution >= 4 is 26.7 Å². The van der Waals surface area contributed by atoms with Gasteiger partial charge in [0.25, 0.3) is 0 Å². The Bertz CT molecular complexity index is 821. The quantitative estimate of drug-likeness (QED) is 0.856. The molecule has 1 aromatic carbocycles. The molecule has 0 aliphatic carbocycles. The number of nitrogens with zero attached hydrogens (tertiary/aromatic N) is 1. The van der Waals surface area contributed by atoms with Crippen molar-refractivity contribution in [2.24, 2.45) is 12.8 Å². The number of carbonyl (C=O) groups excluding carboxylic acids is 1. The normalized spacial score (nSPS) is 13.4. The average molecular weight is 310 g/mol. The molecular formula is C14H18N2O4S. The topological polar surface area (TPSA) is 91.4 Å². The molecule has 2 aromatic rings. The molecule has 0 radical (unpaired) electrons. The highest BCUT2D eigenvalue weighted by molar-refractivity contribution is 7.90. The molecule has 2 N–H and O–H groups in total. The van der Waals surface area contributed by atoms with Gasteiger partial charge < -0.3 is 15.0 Å². The van der Waals surface area contributed by atoms with Crippen LogP contribution in [-0.4, -0.2) is 32.3 Å². The molecule has 21 heavy (non-hydrogen) atoms. The van der Waals surface area contributed by atoms with Crippen LogP contribution in [0, 0.1) is 6.92 Å². The molecule has 7 heteroatoms. The van der Waals surface area contributed by atoms with Gasteiger partial charge in [-0.15, -0.1) is 0 Å². The van der Waals surface area contributed by atoms with Crippen LogP contribution in [0.5, 0.6) is 0 Å². The van der Waals surface area contributed by atoms with E-state index in [0.29, 0.717) is 10.9 Å². The standard InChI is InChI=1S/C14H18N2O4S/c1-8-12(13(15)14(17)20-3)10-7-9(21(4,18)19)5-6-11(10)16(8)2/h5-7,13H,15H2,1-4H3. The molecule has 0 saturated carbocycles. The maximum Gasteiger partial charge on any atom is 0.327 e. The maximum absolute atomic E-state index is 11.7. The highest BCUT2D eigenvalue weighted by atomic mass is 32.2. The summed E-state index contributed by atoms with van der Waals surface area (Å²) in [6.07, 6.45) is 1.14. The van der Waals surface area contributed by atoms with Gasteiger partial charge >= 0.3 is 5.97 Å². The summed E-state index contributed by atoms with van der Waals surface area (Å²) in [6, 6.07) is 3.86. The molecule has 1 aromatic heterocycles. The van der Waals surface area contributed by atoms with Gasteiger partial charge in [-0.2, -0.15) is 0 Å². The highest BCUT2D eigenvalue weighted by Gasteiger charge is 2.25. The molecular weight excluding hydrogens is 292 g/mol. The number of sulfone groups is 1. The predicted molar refractivity (Wildman–Crippen MR) is 79.7 cm³/mol. The Labute approximate surface area is 123 Å². The molecule has 0 saturated heterocycles. The number of aromatic nitrogens is 1. The molecule has 0 fully saturated rings. The second-order valence-electron chi connectivity index (χ2n) is 5.01. The van der Waals surface area contributed by atoms with Crippen LogP contribution in [0.2, 0.25) is 0 Å². The molecule has 0 spiro atoms. The number of methoxy groups -OCH3 is 1. The minimum Gasteiger partial charge on any atom is -0.468 e. The summed E-state index contributed by atoms with van der Waals surface area (Å²) in [5.41, 5.74) is 8.15. The molecule has 1 heterocycles. The number of hydrogen-bond acceptors (Lipinski definition) is 5. The number of benzene rings is 1. The van der Waals surface area contributed by atoms with Crippen molar-refractivity contribution in [2.45, 2.75) is 17.9 Å². The number of hydrogen-bond donors (Lipinski definition) is 1. The van der Waals surface area contributed by atoms with Gasteiger partial charge in [0.15, 0.2) is 9.84 Å². The smallest absolute Gasteiger partial charge is 0.327 e. The molecule has 6 nitrogen and oxygen atoms in total. The molecule has 0 amide bonds. The fourth-order valence-corrected chi connectivity index (χ4v) is 3.09. The second kappa shape index (κ2) is 5.16. The summed E-state index contributed by atoms with van der Waals surface area (Å²) in [5, 5.41) is 0.649. The van der Waals surface area contributed by atoms with Crippen molar-refractivity contribution in [1.29, 1.82) is 0 Å². The first-order valence-electron chi connectivity index (χ1n) is 6.31. The van der Waals surface area contributed by atoms with E-state index in [0.717, 1.165) is 17.5 Å². The fraction of sp³-hybridized carbons (Fsp3) is 0.357. The third kappa shape index (κ3) is 2.54. The van der Waals surface area contributed by atoms with Crippen molar-refractivity contribution in [2.75, 3.05) is 13.4 Å². The zero-order chi connectivity index (χ0) is 15.9. The van der Waals surface area contributed by atoms with Crippen molar-refractivity contribution in [3.05, 3.63) is 29.5 Å². The van der Waals surface area contributed by atoms with E-state index in [-0.39, 0.29) is 4.90 Å². The summed E-state index contributed by atoms with van der Waals surface area (Å²) < 4.78 is 30.0. The Morgan fingerprint density at radius 2 is 2.00 bits per heavy atom. The van der Waals surface area contributed by atoms with E-state index in [4.69, 9.17) is 5.73 Å². The predicted octanol–water partition coefficient (Wildman–Crippen LogP) is 1.06. The van der Waals surface area contributed by atoms with Gasteiger partial charge in [-0.3, -0.25) is 4.79 Å². The first kappa shape index (κ1) is 15.5. The van der Waals surface area contributed by atoms with Crippen LogP contribution < -0.4 is 5.73 Å². The number of fused-ring (bicyclic) bond motifs is 1. The summed E-state index contributed by atoms with van der Waals surface area (Å²) in [7, 11) is -0.225. The lowest BCUT2D eigenvalue weighted by molar-refractivity contribution is -0.142. The first-order valence-corrected chi connectivity index (χ1v) is 8.20. The van der Waals surface area contributed by atoms with Gasteiger partial charge in [-0.1, -0.05) is 0 Å². The minimum atomic E-state index is -3.33. The van der Waals surface area contributed by atoms with E-state index in [1.807, 2.05) is 18.5 Å². The van der Waals surface area contributed by atoms with Crippen LogP contribution >= 0.6 is 0 Å². The largest absolute Gasteiger partial charge is 0.468 e. The minimum absolute atomic E-state index is 0.193. The summed E-state index contributed by atoms with van der Waals surface area (Å²) in [4.78, 5) is 11.9. The van der Waals surface area contributed by atoms with E-state index in [9.17, 15) is 13.2 Å². The Morgan fingerprint density at radius 1 is 1.38 bits per heavy atom. The number of rotatable bonds is 3. The molecule has 2 rings (SSSR count). The molecule has 114 valence electrons. The monoisotopic (exact) mass is 310 g/mol. The van der Waals surface area contributed by atoms with Crippen molar-refractivity contribution in [3.63, 3.8) is 0 Å². The van der Waals surface area contributed by atoms with E-state index in [1.54, 1.807) is 18.2 Å². The number of carbonyl (C=O) groups is 1. The molecule has 0 aliphatic heterocycles. The molecule has 0 aliphatic rings. The summed E-state index contributed by atoms with van der Waals surface area (Å²) >= 11 is 0. The van der Waals surface area contributed by atoms with E-state index >= 15 is 0 Å². The van der Waals surface area contributed by atoms with Crippen LogP contribution in [0.15, 0.2) is 23.1 Å². The highest BCUT2D eigenvalue weighted by Crippen LogP contribution is 2.31. The fourth-order valence-electron chi connectivity index (χ4n) is 2.45. The van der Waals surface area contributed by atoms with Gasteiger partial charge in [-0.05, 0) is 25.1 Å². The van der Waals surface area contributed by atoms with Crippen LogP contribution in [0.3, 0.4) is 0 Å². The average Bonchev–Trinajstić information content (AvgIpc) is 2.68. The Balaban J connectivity index is 2.80. The molecule has 1 unspecified atom stereocenters. The molecule has 0 bridgehead atoms.